The molecule has 1 aromatic carbocycles. The second-order valence-corrected chi connectivity index (χ2v) is 6.13. The molecule has 1 fully saturated rings. The first kappa shape index (κ1) is 16.0. The fourth-order valence-electron chi connectivity index (χ4n) is 2.85. The first-order valence-electron chi connectivity index (χ1n) is 7.81. The lowest BCUT2D eigenvalue weighted by Crippen LogP contribution is -2.30. The minimum atomic E-state index is -0.220. The van der Waals surface area contributed by atoms with Crippen LogP contribution in [0, 0.1) is 6.92 Å². The minimum Gasteiger partial charge on any atom is -0.346 e. The molecule has 7 heteroatoms. The molecular weight excluding hydrogens is 314 g/mol. The van der Waals surface area contributed by atoms with Crippen LogP contribution in [0.2, 0.25) is 5.02 Å². The molecule has 0 atom stereocenters. The molecule has 6 nitrogen and oxygen atoms in total. The Hall–Kier alpha value is -1.92. The number of hydrogen-bond acceptors (Lipinski definition) is 4. The fourth-order valence-corrected chi connectivity index (χ4v) is 3.05. The van der Waals surface area contributed by atoms with Gasteiger partial charge in [-0.25, -0.2) is 4.68 Å². The molecule has 122 valence electrons. The molecule has 0 spiro atoms. The molecule has 1 saturated heterocycles. The first-order valence-corrected chi connectivity index (χ1v) is 8.18. The molecule has 1 aliphatic heterocycles. The van der Waals surface area contributed by atoms with Crippen molar-refractivity contribution < 1.29 is 4.79 Å². The summed E-state index contributed by atoms with van der Waals surface area (Å²) in [4.78, 5) is 12.4. The summed E-state index contributed by atoms with van der Waals surface area (Å²) in [5.74, 6) is -0.220. The highest BCUT2D eigenvalue weighted by molar-refractivity contribution is 6.31. The van der Waals surface area contributed by atoms with E-state index >= 15 is 0 Å². The van der Waals surface area contributed by atoms with E-state index in [0.717, 1.165) is 37.2 Å². The molecule has 1 aliphatic rings. The van der Waals surface area contributed by atoms with Crippen molar-refractivity contribution in [1.82, 2.24) is 25.6 Å². The average Bonchev–Trinajstić information content (AvgIpc) is 2.96. The molecule has 0 unspecified atom stereocenters. The summed E-state index contributed by atoms with van der Waals surface area (Å²) in [6, 6.07) is 7.77. The van der Waals surface area contributed by atoms with E-state index in [1.54, 1.807) is 0 Å². The summed E-state index contributed by atoms with van der Waals surface area (Å²) in [7, 11) is 0. The second kappa shape index (κ2) is 7.10. The van der Waals surface area contributed by atoms with Gasteiger partial charge in [-0.1, -0.05) is 35.0 Å². The summed E-state index contributed by atoms with van der Waals surface area (Å²) >= 11 is 6.10. The van der Waals surface area contributed by atoms with Crippen molar-refractivity contribution in [2.45, 2.75) is 32.4 Å². The number of nitrogens with one attached hydrogen (secondary N) is 2. The third-order valence-electron chi connectivity index (χ3n) is 4.19. The number of amides is 1. The minimum absolute atomic E-state index is 0.220. The van der Waals surface area contributed by atoms with Gasteiger partial charge in [-0.15, -0.1) is 5.10 Å². The predicted octanol–water partition coefficient (Wildman–Crippen LogP) is 2.09. The standard InChI is InChI=1S/C16H20ClN5O/c1-11-15(20-21-22(11)13-6-8-18-9-7-13)16(23)19-10-12-4-2-3-5-14(12)17/h2-5,13,18H,6-10H2,1H3,(H,19,23). The highest BCUT2D eigenvalue weighted by Gasteiger charge is 2.22. The van der Waals surface area contributed by atoms with Crippen LogP contribution in [0.15, 0.2) is 24.3 Å². The zero-order chi connectivity index (χ0) is 16.2. The molecule has 1 amide bonds. The van der Waals surface area contributed by atoms with Gasteiger partial charge < -0.3 is 10.6 Å². The Balaban J connectivity index is 1.68. The van der Waals surface area contributed by atoms with Gasteiger partial charge in [0.05, 0.1) is 11.7 Å². The third kappa shape index (κ3) is 3.54. The smallest absolute Gasteiger partial charge is 0.274 e. The van der Waals surface area contributed by atoms with E-state index in [0.29, 0.717) is 23.3 Å². The zero-order valence-corrected chi connectivity index (χ0v) is 13.8. The van der Waals surface area contributed by atoms with Gasteiger partial charge in [0.2, 0.25) is 0 Å². The van der Waals surface area contributed by atoms with Crippen LogP contribution < -0.4 is 10.6 Å². The first-order chi connectivity index (χ1) is 11.2. The SMILES string of the molecule is Cc1c(C(=O)NCc2ccccc2Cl)nnn1C1CCNCC1. The number of carbonyl (C=O) groups excluding carboxylic acids is 1. The van der Waals surface area contributed by atoms with Gasteiger partial charge >= 0.3 is 0 Å². The monoisotopic (exact) mass is 333 g/mol. The molecule has 0 bridgehead atoms. The van der Waals surface area contributed by atoms with Gasteiger partial charge in [0.1, 0.15) is 0 Å². The largest absolute Gasteiger partial charge is 0.346 e. The molecule has 1 aromatic heterocycles. The molecule has 2 aromatic rings. The molecule has 23 heavy (non-hydrogen) atoms. The number of nitrogens with zero attached hydrogens (tertiary/aromatic N) is 3. The van der Waals surface area contributed by atoms with Crippen molar-refractivity contribution in [3.63, 3.8) is 0 Å². The lowest BCUT2D eigenvalue weighted by Gasteiger charge is -2.23. The maximum Gasteiger partial charge on any atom is 0.274 e. The number of carbonyl (C=O) groups is 1. The topological polar surface area (TPSA) is 71.8 Å². The zero-order valence-electron chi connectivity index (χ0n) is 13.1. The van der Waals surface area contributed by atoms with E-state index in [1.807, 2.05) is 35.9 Å². The van der Waals surface area contributed by atoms with Crippen LogP contribution in [0.25, 0.3) is 0 Å². The summed E-state index contributed by atoms with van der Waals surface area (Å²) < 4.78 is 1.88. The average molecular weight is 334 g/mol. The van der Waals surface area contributed by atoms with Crippen molar-refractivity contribution in [3.05, 3.63) is 46.2 Å². The molecule has 2 heterocycles. The molecule has 0 aliphatic carbocycles. The van der Waals surface area contributed by atoms with Crippen LogP contribution in [0.5, 0.6) is 0 Å². The number of aromatic nitrogens is 3. The lowest BCUT2D eigenvalue weighted by atomic mass is 10.1. The Bertz CT molecular complexity index is 694. The van der Waals surface area contributed by atoms with Gasteiger partial charge in [0.25, 0.3) is 5.91 Å². The van der Waals surface area contributed by atoms with Crippen molar-refractivity contribution in [3.8, 4) is 0 Å². The molecule has 2 N–H and O–H groups in total. The van der Waals surface area contributed by atoms with Gasteiger partial charge in [0, 0.05) is 11.6 Å². The van der Waals surface area contributed by atoms with E-state index in [2.05, 4.69) is 20.9 Å². The number of benzene rings is 1. The second-order valence-electron chi connectivity index (χ2n) is 5.72. The summed E-state index contributed by atoms with van der Waals surface area (Å²) in [5.41, 5.74) is 2.08. The van der Waals surface area contributed by atoms with Crippen LogP contribution in [0.1, 0.15) is 40.6 Å². The van der Waals surface area contributed by atoms with Crippen molar-refractivity contribution in [1.29, 1.82) is 0 Å². The Morgan fingerprint density at radius 2 is 2.13 bits per heavy atom. The number of halogens is 1. The molecule has 0 radical (unpaired) electrons. The maximum atomic E-state index is 12.4. The third-order valence-corrected chi connectivity index (χ3v) is 4.56. The Labute approximate surface area is 140 Å². The van der Waals surface area contributed by atoms with E-state index < -0.39 is 0 Å². The number of rotatable bonds is 4. The molecular formula is C16H20ClN5O. The van der Waals surface area contributed by atoms with Crippen LogP contribution in [-0.4, -0.2) is 34.0 Å². The number of hydrogen-bond donors (Lipinski definition) is 2. The summed E-state index contributed by atoms with van der Waals surface area (Å²) in [6.07, 6.45) is 2.01. The van der Waals surface area contributed by atoms with Crippen molar-refractivity contribution >= 4 is 17.5 Å². The Morgan fingerprint density at radius 3 is 2.87 bits per heavy atom. The van der Waals surface area contributed by atoms with Gasteiger partial charge in [-0.05, 0) is 44.5 Å². The van der Waals surface area contributed by atoms with Crippen molar-refractivity contribution in [2.24, 2.45) is 0 Å². The maximum absolute atomic E-state index is 12.4. The van der Waals surface area contributed by atoms with E-state index in [4.69, 9.17) is 11.6 Å². The van der Waals surface area contributed by atoms with Crippen LogP contribution in [-0.2, 0) is 6.54 Å². The van der Waals surface area contributed by atoms with E-state index in [1.165, 1.54) is 0 Å². The van der Waals surface area contributed by atoms with Gasteiger partial charge in [-0.2, -0.15) is 0 Å². The molecule has 0 saturated carbocycles. The highest BCUT2D eigenvalue weighted by Crippen LogP contribution is 2.20. The molecule has 3 rings (SSSR count). The highest BCUT2D eigenvalue weighted by atomic mass is 35.5. The summed E-state index contributed by atoms with van der Waals surface area (Å²) in [5, 5.41) is 15.1. The summed E-state index contributed by atoms with van der Waals surface area (Å²) in [6.45, 7) is 4.21. The van der Waals surface area contributed by atoms with Gasteiger partial charge in [0.15, 0.2) is 5.69 Å². The Kier molecular flexibility index (Phi) is 4.93. The Morgan fingerprint density at radius 1 is 1.39 bits per heavy atom. The number of piperidine rings is 1. The van der Waals surface area contributed by atoms with Crippen LogP contribution in [0.3, 0.4) is 0 Å². The van der Waals surface area contributed by atoms with Crippen LogP contribution >= 0.6 is 11.6 Å². The quantitative estimate of drug-likeness (QED) is 0.898. The fraction of sp³-hybridized carbons (Fsp3) is 0.438. The lowest BCUT2D eigenvalue weighted by molar-refractivity contribution is 0.0945. The predicted molar refractivity (Wildman–Crippen MR) is 88.5 cm³/mol. The normalized spacial score (nSPS) is 15.6. The van der Waals surface area contributed by atoms with Crippen LogP contribution in [0.4, 0.5) is 0 Å². The van der Waals surface area contributed by atoms with E-state index in [9.17, 15) is 4.79 Å². The van der Waals surface area contributed by atoms with Crippen molar-refractivity contribution in [2.75, 3.05) is 13.1 Å². The van der Waals surface area contributed by atoms with Gasteiger partial charge in [-0.3, -0.25) is 4.79 Å². The van der Waals surface area contributed by atoms with E-state index in [-0.39, 0.29) is 5.91 Å².